The van der Waals surface area contributed by atoms with Crippen LogP contribution >= 0.6 is 58.2 Å². The van der Waals surface area contributed by atoms with Crippen molar-refractivity contribution >= 4 is 93.5 Å². The molecule has 2 N–H and O–H groups in total. The van der Waals surface area contributed by atoms with Gasteiger partial charge in [-0.2, -0.15) is 0 Å². The first-order valence-corrected chi connectivity index (χ1v) is 19.3. The minimum atomic E-state index is -0.584. The Bertz CT molecular complexity index is 2090. The van der Waals surface area contributed by atoms with Crippen LogP contribution in [0.5, 0.6) is 0 Å². The lowest BCUT2D eigenvalue weighted by Crippen LogP contribution is -2.45. The lowest BCUT2D eigenvalue weighted by Gasteiger charge is -2.26. The lowest BCUT2D eigenvalue weighted by molar-refractivity contribution is -0.387. The van der Waals surface area contributed by atoms with E-state index in [2.05, 4.69) is 10.6 Å². The molecule has 2 aliphatic rings. The van der Waals surface area contributed by atoms with Crippen LogP contribution in [0.25, 0.3) is 34.4 Å². The average molecular weight is 843 g/mol. The molecule has 0 atom stereocenters. The third-order valence-corrected chi connectivity index (χ3v) is 11.2. The van der Waals surface area contributed by atoms with Crippen LogP contribution in [0.4, 0.5) is 11.4 Å². The molecule has 17 heteroatoms. The number of carbonyl (C=O) groups excluding carboxylic acids is 2. The Kier molecular flexibility index (Phi) is 13.1. The number of hydrogen-bond donors (Lipinski definition) is 2. The van der Waals surface area contributed by atoms with E-state index >= 15 is 0 Å². The van der Waals surface area contributed by atoms with E-state index in [1.54, 1.807) is 34.1 Å². The highest BCUT2D eigenvalue weighted by Gasteiger charge is 2.31. The Morgan fingerprint density at radius 3 is 1.35 bits per heavy atom. The predicted molar refractivity (Wildman–Crippen MR) is 218 cm³/mol. The van der Waals surface area contributed by atoms with Crippen molar-refractivity contribution < 1.29 is 19.4 Å². The second-order valence-electron chi connectivity index (χ2n) is 12.4. The molecule has 284 valence electrons. The van der Waals surface area contributed by atoms with E-state index in [0.29, 0.717) is 73.5 Å². The van der Waals surface area contributed by atoms with Crippen LogP contribution in [0, 0.1) is 20.2 Å². The highest BCUT2D eigenvalue weighted by molar-refractivity contribution is 7.99. The fourth-order valence-electron chi connectivity index (χ4n) is 6.35. The minimum absolute atomic E-state index is 0.0602. The number of piperazine rings is 2. The number of nitrogens with one attached hydrogen (secondary N) is 2. The van der Waals surface area contributed by atoms with Crippen molar-refractivity contribution in [3.8, 4) is 22.3 Å². The molecule has 2 fully saturated rings. The van der Waals surface area contributed by atoms with Gasteiger partial charge in [0.05, 0.1) is 40.8 Å². The Hall–Kier alpha value is -4.47. The number of benzene rings is 4. The average Bonchev–Trinajstić information content (AvgIpc) is 3.17. The van der Waals surface area contributed by atoms with Crippen LogP contribution in [0.1, 0.15) is 11.1 Å². The first-order chi connectivity index (χ1) is 26.4. The smallest absolute Gasteiger partial charge is 0.291 e. The molecule has 0 aromatic heterocycles. The number of halogens is 4. The van der Waals surface area contributed by atoms with Crippen LogP contribution in [0.3, 0.4) is 0 Å². The molecule has 0 aliphatic carbocycles. The zero-order valence-corrected chi connectivity index (χ0v) is 32.7. The number of rotatable bonds is 10. The van der Waals surface area contributed by atoms with Crippen molar-refractivity contribution in [2.24, 2.45) is 0 Å². The highest BCUT2D eigenvalue weighted by Crippen LogP contribution is 2.50. The maximum atomic E-state index is 13.1. The summed E-state index contributed by atoms with van der Waals surface area (Å²) in [5.41, 5.74) is 0.586. The molecule has 2 heterocycles. The fraction of sp³-hybridized carbons (Fsp3) is 0.211. The van der Waals surface area contributed by atoms with Crippen molar-refractivity contribution in [1.29, 1.82) is 0 Å². The molecule has 0 saturated carbocycles. The molecule has 2 amide bonds. The second kappa shape index (κ2) is 18.0. The number of nitro benzene ring substituents is 2. The topological polar surface area (TPSA) is 151 Å². The summed E-state index contributed by atoms with van der Waals surface area (Å²) in [7, 11) is 0. The van der Waals surface area contributed by atoms with E-state index in [4.69, 9.17) is 46.4 Å². The molecule has 2 aliphatic heterocycles. The SMILES string of the molecule is O=C(/C=C/c1ccc(Sc2ccc(/C=C/C(=O)N3CCNCC3)c(-c3ccc(Cl)cc3Cl)c2[N+](=O)[O-])c([N+](=O)[O-])c1-c1ccc(Cl)cc1Cl)N1CCNCC1. The second-order valence-corrected chi connectivity index (χ2v) is 15.2. The van der Waals surface area contributed by atoms with Gasteiger partial charge in [0.2, 0.25) is 11.8 Å². The number of carbonyl (C=O) groups is 2. The van der Waals surface area contributed by atoms with Crippen molar-refractivity contribution in [1.82, 2.24) is 20.4 Å². The van der Waals surface area contributed by atoms with Gasteiger partial charge in [0.15, 0.2) is 0 Å². The fourth-order valence-corrected chi connectivity index (χ4v) is 8.41. The summed E-state index contributed by atoms with van der Waals surface area (Å²) in [5.74, 6) is -0.521. The van der Waals surface area contributed by atoms with E-state index in [9.17, 15) is 29.8 Å². The summed E-state index contributed by atoms with van der Waals surface area (Å²) >= 11 is 26.5. The van der Waals surface area contributed by atoms with Gasteiger partial charge in [-0.3, -0.25) is 29.8 Å². The normalized spacial score (nSPS) is 14.8. The van der Waals surface area contributed by atoms with Crippen LogP contribution in [0.15, 0.2) is 82.6 Å². The zero-order valence-electron chi connectivity index (χ0n) is 28.9. The van der Waals surface area contributed by atoms with Gasteiger partial charge < -0.3 is 20.4 Å². The van der Waals surface area contributed by atoms with Crippen molar-refractivity contribution in [2.75, 3.05) is 52.4 Å². The standard InChI is InChI=1S/C38H32Cl4N6O6S/c39-25-5-7-27(29(41)21-25)35-23(3-11-33(49)45-17-13-43-14-18-45)1-9-31(37(35)47(51)52)55-32-10-2-24(4-12-34(50)46-19-15-44-16-20-46)36(38(32)48(53)54)28-8-6-26(40)22-30(28)42/h1-12,21-22,43-44H,13-20H2/b11-3+,12-4+. The zero-order chi connectivity index (χ0) is 39.2. The summed E-state index contributed by atoms with van der Waals surface area (Å²) in [6.45, 7) is 4.63. The first kappa shape index (κ1) is 40.2. The van der Waals surface area contributed by atoms with Gasteiger partial charge in [0, 0.05) is 85.7 Å². The summed E-state index contributed by atoms with van der Waals surface area (Å²) in [6, 6.07) is 15.2. The van der Waals surface area contributed by atoms with Crippen molar-refractivity contribution in [2.45, 2.75) is 9.79 Å². The number of nitrogens with zero attached hydrogens (tertiary/aromatic N) is 4. The van der Waals surface area contributed by atoms with E-state index < -0.39 is 21.2 Å². The van der Waals surface area contributed by atoms with Crippen LogP contribution in [-0.4, -0.2) is 83.8 Å². The molecule has 2 saturated heterocycles. The van der Waals surface area contributed by atoms with Crippen LogP contribution < -0.4 is 10.6 Å². The Morgan fingerprint density at radius 2 is 1.00 bits per heavy atom. The van der Waals surface area contributed by atoms with Gasteiger partial charge in [0.1, 0.15) is 0 Å². The first-order valence-electron chi connectivity index (χ1n) is 17.0. The van der Waals surface area contributed by atoms with E-state index in [0.717, 1.165) is 11.8 Å². The summed E-state index contributed by atoms with van der Waals surface area (Å²) in [4.78, 5) is 54.5. The van der Waals surface area contributed by atoms with Crippen LogP contribution in [-0.2, 0) is 9.59 Å². The van der Waals surface area contributed by atoms with Gasteiger partial charge in [-0.25, -0.2) is 0 Å². The third kappa shape index (κ3) is 9.33. The molecule has 4 aromatic carbocycles. The number of amides is 2. The maximum Gasteiger partial charge on any atom is 0.291 e. The molecule has 4 aromatic rings. The van der Waals surface area contributed by atoms with E-state index in [1.807, 2.05) is 0 Å². The van der Waals surface area contributed by atoms with Gasteiger partial charge in [-0.1, -0.05) is 82.4 Å². The molecule has 0 bridgehead atoms. The number of nitro groups is 2. The molecule has 55 heavy (non-hydrogen) atoms. The summed E-state index contributed by atoms with van der Waals surface area (Å²) in [6.07, 6.45) is 5.71. The Morgan fingerprint density at radius 1 is 0.618 bits per heavy atom. The van der Waals surface area contributed by atoms with Crippen molar-refractivity contribution in [3.05, 3.63) is 124 Å². The Labute approximate surface area is 340 Å². The maximum absolute atomic E-state index is 13.1. The number of hydrogen-bond acceptors (Lipinski definition) is 9. The van der Waals surface area contributed by atoms with E-state index in [-0.39, 0.29) is 53.9 Å². The van der Waals surface area contributed by atoms with Gasteiger partial charge in [-0.05, 0) is 59.7 Å². The minimum Gasteiger partial charge on any atom is -0.337 e. The Balaban J connectivity index is 1.50. The molecule has 0 spiro atoms. The van der Waals surface area contributed by atoms with E-state index in [1.165, 1.54) is 60.7 Å². The summed E-state index contributed by atoms with van der Waals surface area (Å²) in [5, 5.41) is 33.3. The molecule has 0 radical (unpaired) electrons. The monoisotopic (exact) mass is 840 g/mol. The third-order valence-electron chi connectivity index (χ3n) is 9.00. The van der Waals surface area contributed by atoms with Crippen molar-refractivity contribution in [3.63, 3.8) is 0 Å². The van der Waals surface area contributed by atoms with Gasteiger partial charge in [0.25, 0.3) is 11.4 Å². The quantitative estimate of drug-likeness (QED) is 0.0910. The lowest BCUT2D eigenvalue weighted by atomic mass is 9.97. The molecule has 0 unspecified atom stereocenters. The van der Waals surface area contributed by atoms with Gasteiger partial charge in [-0.15, -0.1) is 0 Å². The predicted octanol–water partition coefficient (Wildman–Crippen LogP) is 8.49. The highest BCUT2D eigenvalue weighted by atomic mass is 35.5. The van der Waals surface area contributed by atoms with Crippen LogP contribution in [0.2, 0.25) is 20.1 Å². The molecular formula is C38H32Cl4N6O6S. The molecular weight excluding hydrogens is 810 g/mol. The molecule has 6 rings (SSSR count). The largest absolute Gasteiger partial charge is 0.337 e. The molecule has 12 nitrogen and oxygen atoms in total. The van der Waals surface area contributed by atoms with Gasteiger partial charge >= 0.3 is 0 Å². The summed E-state index contributed by atoms with van der Waals surface area (Å²) < 4.78 is 0.